The monoisotopic (exact) mass is 263 g/mol. The molecule has 0 radical (unpaired) electrons. The Balaban J connectivity index is 2.72. The smallest absolute Gasteiger partial charge is 0.334 e. The zero-order chi connectivity index (χ0) is 13.8. The van der Waals surface area contributed by atoms with Gasteiger partial charge in [-0.05, 0) is 18.6 Å². The van der Waals surface area contributed by atoms with Gasteiger partial charge in [-0.3, -0.25) is 4.79 Å². The first-order chi connectivity index (χ1) is 8.33. The highest BCUT2D eigenvalue weighted by Crippen LogP contribution is 2.17. The average molecular weight is 263 g/mol. The van der Waals surface area contributed by atoms with Gasteiger partial charge in [0.15, 0.2) is 0 Å². The first-order valence-corrected chi connectivity index (χ1v) is 5.41. The number of nitrogens with zero attached hydrogens (tertiary/aromatic N) is 1. The molecule has 0 aliphatic rings. The van der Waals surface area contributed by atoms with E-state index < -0.39 is 24.4 Å². The summed E-state index contributed by atoms with van der Waals surface area (Å²) in [6, 6.07) is 5.54. The molecule has 0 aliphatic carbocycles. The minimum absolute atomic E-state index is 0.0627. The molecule has 1 rings (SSSR count). The van der Waals surface area contributed by atoms with Crippen LogP contribution in [0.3, 0.4) is 0 Å². The van der Waals surface area contributed by atoms with Gasteiger partial charge >= 0.3 is 6.18 Å². The van der Waals surface area contributed by atoms with Crippen LogP contribution in [0.4, 0.5) is 17.6 Å². The fourth-order valence-corrected chi connectivity index (χ4v) is 1.51. The van der Waals surface area contributed by atoms with E-state index in [1.165, 1.54) is 31.2 Å². The Morgan fingerprint density at radius 1 is 1.28 bits per heavy atom. The second-order valence-corrected chi connectivity index (χ2v) is 3.79. The van der Waals surface area contributed by atoms with Crippen LogP contribution in [0.15, 0.2) is 24.3 Å². The van der Waals surface area contributed by atoms with Gasteiger partial charge < -0.3 is 4.90 Å². The summed E-state index contributed by atoms with van der Waals surface area (Å²) in [5.74, 6) is -1.33. The van der Waals surface area contributed by atoms with Gasteiger partial charge in [0, 0.05) is 6.54 Å². The molecule has 0 fully saturated rings. The lowest BCUT2D eigenvalue weighted by Gasteiger charge is -2.22. The van der Waals surface area contributed by atoms with Crippen LogP contribution in [0.2, 0.25) is 0 Å². The van der Waals surface area contributed by atoms with Crippen molar-refractivity contribution in [3.05, 3.63) is 35.6 Å². The Kier molecular flexibility index (Phi) is 4.69. The highest BCUT2D eigenvalue weighted by molar-refractivity contribution is 5.78. The molecule has 0 aliphatic heterocycles. The van der Waals surface area contributed by atoms with Crippen LogP contribution in [0.1, 0.15) is 12.5 Å². The van der Waals surface area contributed by atoms with Crippen LogP contribution in [-0.2, 0) is 11.2 Å². The van der Waals surface area contributed by atoms with Crippen molar-refractivity contribution in [2.24, 2.45) is 0 Å². The second kappa shape index (κ2) is 5.84. The predicted octanol–water partition coefficient (Wildman–Crippen LogP) is 2.78. The zero-order valence-corrected chi connectivity index (χ0v) is 9.80. The Morgan fingerprint density at radius 3 is 2.39 bits per heavy atom. The van der Waals surface area contributed by atoms with E-state index >= 15 is 0 Å². The number of halogens is 4. The van der Waals surface area contributed by atoms with Gasteiger partial charge in [-0.2, -0.15) is 13.2 Å². The summed E-state index contributed by atoms with van der Waals surface area (Å²) in [6.45, 7) is 0.0779. The van der Waals surface area contributed by atoms with Gasteiger partial charge in [-0.1, -0.05) is 18.2 Å². The molecule has 0 heterocycles. The summed E-state index contributed by atoms with van der Waals surface area (Å²) < 4.78 is 49.9. The van der Waals surface area contributed by atoms with E-state index in [4.69, 9.17) is 0 Å². The first-order valence-electron chi connectivity index (χ1n) is 5.41. The van der Waals surface area contributed by atoms with Crippen molar-refractivity contribution in [3.8, 4) is 0 Å². The number of amides is 1. The van der Waals surface area contributed by atoms with E-state index in [0.717, 1.165) is 0 Å². The molecule has 0 spiro atoms. The van der Waals surface area contributed by atoms with Crippen LogP contribution in [0.5, 0.6) is 0 Å². The van der Waals surface area contributed by atoms with Gasteiger partial charge in [0.2, 0.25) is 5.91 Å². The summed E-state index contributed by atoms with van der Waals surface area (Å²) in [5, 5.41) is 0. The number of likely N-dealkylation sites (N-methyl/N-ethyl adjacent to an activating group) is 1. The maximum absolute atomic E-state index is 13.3. The molecule has 0 saturated heterocycles. The fraction of sp³-hybridized carbons (Fsp3) is 0.417. The van der Waals surface area contributed by atoms with Gasteiger partial charge in [-0.15, -0.1) is 0 Å². The third-order valence-corrected chi connectivity index (χ3v) is 2.40. The van der Waals surface area contributed by atoms with Crippen molar-refractivity contribution in [2.75, 3.05) is 13.1 Å². The summed E-state index contributed by atoms with van der Waals surface area (Å²) in [6.07, 6.45) is -4.81. The molecule has 1 aromatic carbocycles. The van der Waals surface area contributed by atoms with Crippen molar-refractivity contribution in [2.45, 2.75) is 19.5 Å². The van der Waals surface area contributed by atoms with E-state index in [1.54, 1.807) is 0 Å². The topological polar surface area (TPSA) is 20.3 Å². The highest BCUT2D eigenvalue weighted by Gasteiger charge is 2.32. The van der Waals surface area contributed by atoms with Gasteiger partial charge in [-0.25, -0.2) is 4.39 Å². The Bertz CT molecular complexity index is 417. The van der Waals surface area contributed by atoms with Crippen molar-refractivity contribution in [1.82, 2.24) is 4.90 Å². The Morgan fingerprint density at radius 2 is 1.89 bits per heavy atom. The van der Waals surface area contributed by atoms with E-state index in [9.17, 15) is 22.4 Å². The Hall–Kier alpha value is -1.59. The summed E-state index contributed by atoms with van der Waals surface area (Å²) >= 11 is 0. The molecular formula is C12H13F4NO. The largest absolute Gasteiger partial charge is 0.406 e. The van der Waals surface area contributed by atoms with Crippen LogP contribution in [0, 0.1) is 5.82 Å². The van der Waals surface area contributed by atoms with E-state index in [2.05, 4.69) is 0 Å². The molecule has 0 bridgehead atoms. The van der Waals surface area contributed by atoms with Crippen molar-refractivity contribution >= 4 is 5.91 Å². The van der Waals surface area contributed by atoms with Crippen LogP contribution in [0.25, 0.3) is 0 Å². The predicted molar refractivity (Wildman–Crippen MR) is 58.4 cm³/mol. The van der Waals surface area contributed by atoms with E-state index in [0.29, 0.717) is 4.90 Å². The number of alkyl halides is 3. The molecular weight excluding hydrogens is 250 g/mol. The summed E-state index contributed by atoms with van der Waals surface area (Å²) in [4.78, 5) is 12.3. The maximum atomic E-state index is 13.3. The maximum Gasteiger partial charge on any atom is 0.406 e. The highest BCUT2D eigenvalue weighted by atomic mass is 19.4. The van der Waals surface area contributed by atoms with E-state index in [1.807, 2.05) is 0 Å². The zero-order valence-electron chi connectivity index (χ0n) is 9.80. The molecule has 0 unspecified atom stereocenters. The van der Waals surface area contributed by atoms with Crippen LogP contribution < -0.4 is 0 Å². The Labute approximate surface area is 102 Å². The van der Waals surface area contributed by atoms with Crippen molar-refractivity contribution in [3.63, 3.8) is 0 Å². The molecule has 1 aromatic rings. The standard InChI is InChI=1S/C12H13F4NO/c1-2-17(8-12(14,15)16)11(18)7-9-5-3-4-6-10(9)13/h3-6H,2,7-8H2,1H3. The third-order valence-electron chi connectivity index (χ3n) is 2.40. The van der Waals surface area contributed by atoms with Gasteiger partial charge in [0.05, 0.1) is 6.42 Å². The van der Waals surface area contributed by atoms with Crippen LogP contribution >= 0.6 is 0 Å². The number of hydrogen-bond acceptors (Lipinski definition) is 1. The number of carbonyl (C=O) groups excluding carboxylic acids is 1. The molecule has 100 valence electrons. The summed E-state index contributed by atoms with van der Waals surface area (Å²) in [5.41, 5.74) is 0.100. The average Bonchev–Trinajstić information content (AvgIpc) is 2.27. The lowest BCUT2D eigenvalue weighted by Crippen LogP contribution is -2.39. The number of benzene rings is 1. The number of carbonyl (C=O) groups is 1. The minimum Gasteiger partial charge on any atom is -0.334 e. The SMILES string of the molecule is CCN(CC(F)(F)F)C(=O)Cc1ccccc1F. The molecule has 0 atom stereocenters. The van der Waals surface area contributed by atoms with Gasteiger partial charge in [0.25, 0.3) is 0 Å². The number of hydrogen-bond donors (Lipinski definition) is 0. The minimum atomic E-state index is -4.44. The molecule has 18 heavy (non-hydrogen) atoms. The van der Waals surface area contributed by atoms with Crippen LogP contribution in [-0.4, -0.2) is 30.1 Å². The second-order valence-electron chi connectivity index (χ2n) is 3.79. The van der Waals surface area contributed by atoms with Crippen molar-refractivity contribution in [1.29, 1.82) is 0 Å². The fourth-order valence-electron chi connectivity index (χ4n) is 1.51. The number of rotatable bonds is 4. The lowest BCUT2D eigenvalue weighted by atomic mass is 10.1. The molecule has 0 saturated carbocycles. The molecule has 0 N–H and O–H groups in total. The molecule has 1 amide bonds. The molecule has 6 heteroatoms. The van der Waals surface area contributed by atoms with E-state index in [-0.39, 0.29) is 18.5 Å². The molecule has 0 aromatic heterocycles. The van der Waals surface area contributed by atoms with Gasteiger partial charge in [0.1, 0.15) is 12.4 Å². The van der Waals surface area contributed by atoms with Crippen molar-refractivity contribution < 1.29 is 22.4 Å². The quantitative estimate of drug-likeness (QED) is 0.765. The lowest BCUT2D eigenvalue weighted by molar-refractivity contribution is -0.160. The first kappa shape index (κ1) is 14.5. The summed E-state index contributed by atoms with van der Waals surface area (Å²) in [7, 11) is 0. The third kappa shape index (κ3) is 4.35. The normalized spacial score (nSPS) is 11.4. The molecule has 2 nitrogen and oxygen atoms in total.